The van der Waals surface area contributed by atoms with Gasteiger partial charge in [0.05, 0.1) is 18.1 Å². The van der Waals surface area contributed by atoms with Crippen LogP contribution in [0.1, 0.15) is 81.6 Å². The summed E-state index contributed by atoms with van der Waals surface area (Å²) in [6.45, 7) is 18.0. The Morgan fingerprint density at radius 1 is 1.02 bits per heavy atom. The average Bonchev–Trinajstić information content (AvgIpc) is 3.76. The third-order valence-corrected chi connectivity index (χ3v) is 8.58. The Bertz CT molecular complexity index is 1870. The van der Waals surface area contributed by atoms with Gasteiger partial charge in [-0.1, -0.05) is 36.5 Å². The molecule has 1 fully saturated rings. The predicted molar refractivity (Wildman–Crippen MR) is 184 cm³/mol. The molecule has 6 heterocycles. The molecule has 0 aliphatic carbocycles. The van der Waals surface area contributed by atoms with Crippen molar-refractivity contribution in [3.8, 4) is 22.1 Å². The molecule has 16 heteroatoms. The maximum atomic E-state index is 12.9. The standard InChI is InChI=1S/C18H16N8O3S2.C11H21NO2.C2H6/c1-18(2,3)29-17(28)26-6-5-8-9(12-22-24-25(4)23-12)7-19-10(11(8)26)13-20-14-15(30-13)21-16(27)31-14;1-9-7-5-6-8-12(9)10(13)14-11(2,3)4;1-2/h5-7H,1-4H3,(H,21,27);9H,5-8H2,1-4H3;1-2H3. The number of piperidine rings is 1. The van der Waals surface area contributed by atoms with Crippen LogP contribution in [-0.2, 0) is 16.5 Å². The summed E-state index contributed by atoms with van der Waals surface area (Å²) in [7, 11) is 1.67. The molecule has 5 aromatic rings. The minimum Gasteiger partial charge on any atom is -0.444 e. The first kappa shape index (κ1) is 35.7. The number of pyridine rings is 1. The largest absolute Gasteiger partial charge is 0.444 e. The minimum atomic E-state index is -0.672. The molecule has 47 heavy (non-hydrogen) atoms. The number of nitrogens with zero attached hydrogens (tertiary/aromatic N) is 8. The van der Waals surface area contributed by atoms with E-state index in [0.29, 0.717) is 48.7 Å². The van der Waals surface area contributed by atoms with Crippen LogP contribution in [-0.4, -0.2) is 80.6 Å². The van der Waals surface area contributed by atoms with Crippen molar-refractivity contribution >= 4 is 55.4 Å². The number of fused-ring (bicyclic) bond motifs is 2. The van der Waals surface area contributed by atoms with Gasteiger partial charge in [0.15, 0.2) is 4.83 Å². The first-order valence-electron chi connectivity index (χ1n) is 15.6. The molecular weight excluding hydrogens is 643 g/mol. The van der Waals surface area contributed by atoms with E-state index in [4.69, 9.17) is 9.47 Å². The Labute approximate surface area is 281 Å². The number of ether oxygens (including phenoxy) is 2. The molecule has 14 nitrogen and oxygen atoms in total. The molecule has 1 atom stereocenters. The van der Waals surface area contributed by atoms with Gasteiger partial charge in [0.25, 0.3) is 0 Å². The number of thiazole rings is 2. The molecule has 6 rings (SSSR count). The van der Waals surface area contributed by atoms with Crippen molar-refractivity contribution in [3.05, 3.63) is 28.1 Å². The van der Waals surface area contributed by atoms with E-state index in [2.05, 4.69) is 37.3 Å². The van der Waals surface area contributed by atoms with Crippen molar-refractivity contribution in [2.75, 3.05) is 6.54 Å². The third kappa shape index (κ3) is 8.60. The zero-order valence-electron chi connectivity index (χ0n) is 28.6. The summed E-state index contributed by atoms with van der Waals surface area (Å²) in [5.41, 5.74) is 0.583. The number of aryl methyl sites for hydroxylation is 1. The van der Waals surface area contributed by atoms with Crippen molar-refractivity contribution in [3.63, 3.8) is 0 Å². The van der Waals surface area contributed by atoms with Crippen LogP contribution in [0.25, 0.3) is 42.7 Å². The summed E-state index contributed by atoms with van der Waals surface area (Å²) in [5.74, 6) is 0.387. The maximum Gasteiger partial charge on any atom is 0.419 e. The molecule has 0 spiro atoms. The van der Waals surface area contributed by atoms with Crippen molar-refractivity contribution < 1.29 is 19.1 Å². The van der Waals surface area contributed by atoms with E-state index < -0.39 is 11.7 Å². The first-order valence-corrected chi connectivity index (χ1v) is 17.2. The highest BCUT2D eigenvalue weighted by Crippen LogP contribution is 2.37. The van der Waals surface area contributed by atoms with Gasteiger partial charge in [-0.25, -0.2) is 14.6 Å². The van der Waals surface area contributed by atoms with E-state index in [0.717, 1.165) is 30.7 Å². The fraction of sp³-hybridized carbons (Fsp3) is 0.548. The molecule has 1 aliphatic rings. The van der Waals surface area contributed by atoms with Gasteiger partial charge in [-0.15, -0.1) is 10.2 Å². The monoisotopic (exact) mass is 685 g/mol. The Morgan fingerprint density at radius 3 is 2.30 bits per heavy atom. The van der Waals surface area contributed by atoms with Gasteiger partial charge < -0.3 is 19.4 Å². The number of aromatic nitrogens is 8. The van der Waals surface area contributed by atoms with Crippen LogP contribution in [0.3, 0.4) is 0 Å². The van der Waals surface area contributed by atoms with Gasteiger partial charge in [0.2, 0.25) is 5.82 Å². The fourth-order valence-electron chi connectivity index (χ4n) is 4.79. The van der Waals surface area contributed by atoms with Crippen LogP contribution in [0.2, 0.25) is 0 Å². The van der Waals surface area contributed by atoms with Gasteiger partial charge in [-0.05, 0) is 79.0 Å². The number of H-pyrrole nitrogens is 1. The topological polar surface area (TPSA) is 163 Å². The number of aromatic amines is 1. The summed E-state index contributed by atoms with van der Waals surface area (Å²) in [6, 6.07) is 2.12. The SMILES string of the molecule is CC.CC1CCCCN1C(=O)OC(C)(C)C.Cn1nnc(-c2cnc(-c3nc4sc(=O)[nH]c4s3)c3c2ccn3C(=O)OC(C)(C)C)n1. The summed E-state index contributed by atoms with van der Waals surface area (Å²) in [6.07, 6.45) is 5.98. The number of carbonyl (C=O) groups excluding carboxylic acids is 2. The zero-order chi connectivity index (χ0) is 34.7. The fourth-order valence-corrected chi connectivity index (χ4v) is 6.63. The van der Waals surface area contributed by atoms with E-state index in [-0.39, 0.29) is 16.6 Å². The van der Waals surface area contributed by atoms with E-state index in [1.165, 1.54) is 27.1 Å². The third-order valence-electron chi connectivity index (χ3n) is 6.70. The van der Waals surface area contributed by atoms with Gasteiger partial charge in [0, 0.05) is 30.4 Å². The molecule has 0 saturated carbocycles. The Morgan fingerprint density at radius 2 is 1.70 bits per heavy atom. The van der Waals surface area contributed by atoms with Crippen molar-refractivity contribution in [1.29, 1.82) is 0 Å². The lowest BCUT2D eigenvalue weighted by Crippen LogP contribution is -2.44. The van der Waals surface area contributed by atoms with Gasteiger partial charge in [0.1, 0.15) is 26.7 Å². The normalized spacial score (nSPS) is 15.1. The summed E-state index contributed by atoms with van der Waals surface area (Å²) in [5, 5.41) is 13.5. The molecule has 0 bridgehead atoms. The molecule has 5 aromatic heterocycles. The van der Waals surface area contributed by atoms with Gasteiger partial charge in [-0.2, -0.15) is 4.80 Å². The number of hydrogen-bond donors (Lipinski definition) is 1. The lowest BCUT2D eigenvalue weighted by atomic mass is 10.0. The number of amides is 1. The molecule has 1 saturated heterocycles. The lowest BCUT2D eigenvalue weighted by molar-refractivity contribution is 0.0120. The molecule has 1 amide bonds. The highest BCUT2D eigenvalue weighted by molar-refractivity contribution is 7.27. The van der Waals surface area contributed by atoms with E-state index in [1.807, 2.05) is 39.5 Å². The number of carbonyl (C=O) groups is 2. The average molecular weight is 686 g/mol. The number of nitrogens with one attached hydrogen (secondary N) is 1. The first-order chi connectivity index (χ1) is 22.1. The number of tetrazole rings is 1. The Hall–Kier alpha value is -4.18. The van der Waals surface area contributed by atoms with Crippen LogP contribution in [0.15, 0.2) is 23.3 Å². The van der Waals surface area contributed by atoms with Crippen molar-refractivity contribution in [1.82, 2.24) is 44.6 Å². The van der Waals surface area contributed by atoms with E-state index in [1.54, 1.807) is 46.3 Å². The molecule has 1 unspecified atom stereocenters. The van der Waals surface area contributed by atoms with Gasteiger partial charge in [-0.3, -0.25) is 14.3 Å². The van der Waals surface area contributed by atoms with Gasteiger partial charge >= 0.3 is 17.1 Å². The van der Waals surface area contributed by atoms with Crippen LogP contribution in [0.4, 0.5) is 9.59 Å². The Kier molecular flexibility index (Phi) is 10.8. The van der Waals surface area contributed by atoms with Crippen LogP contribution < -0.4 is 4.87 Å². The predicted octanol–water partition coefficient (Wildman–Crippen LogP) is 6.86. The van der Waals surface area contributed by atoms with E-state index in [9.17, 15) is 14.4 Å². The molecule has 1 aliphatic heterocycles. The number of rotatable bonds is 2. The molecule has 1 N–H and O–H groups in total. The smallest absolute Gasteiger partial charge is 0.419 e. The zero-order valence-corrected chi connectivity index (χ0v) is 30.2. The van der Waals surface area contributed by atoms with Crippen LogP contribution in [0.5, 0.6) is 0 Å². The second-order valence-electron chi connectivity index (χ2n) is 12.7. The van der Waals surface area contributed by atoms with E-state index >= 15 is 0 Å². The highest BCUT2D eigenvalue weighted by Gasteiger charge is 2.28. The summed E-state index contributed by atoms with van der Waals surface area (Å²) < 4.78 is 12.3. The summed E-state index contributed by atoms with van der Waals surface area (Å²) >= 11 is 2.32. The second-order valence-corrected chi connectivity index (χ2v) is 14.7. The van der Waals surface area contributed by atoms with Crippen LogP contribution in [0, 0.1) is 0 Å². The molecule has 254 valence electrons. The number of likely N-dealkylation sites (tertiary alicyclic amines) is 1. The molecule has 0 radical (unpaired) electrons. The maximum absolute atomic E-state index is 12.9. The molecule has 0 aromatic carbocycles. The quantitative estimate of drug-likeness (QED) is 0.208. The minimum absolute atomic E-state index is 0.162. The van der Waals surface area contributed by atoms with Crippen LogP contribution >= 0.6 is 22.7 Å². The Balaban J connectivity index is 0.000000263. The number of hydrogen-bond acceptors (Lipinski definition) is 12. The second kappa shape index (κ2) is 14.3. The van der Waals surface area contributed by atoms with Crippen molar-refractivity contribution in [2.24, 2.45) is 7.05 Å². The highest BCUT2D eigenvalue weighted by atomic mass is 32.1. The lowest BCUT2D eigenvalue weighted by Gasteiger charge is -2.34. The van der Waals surface area contributed by atoms with Crippen molar-refractivity contribution in [2.45, 2.75) is 98.8 Å². The molecular formula is C31H43N9O5S2. The summed E-state index contributed by atoms with van der Waals surface area (Å²) in [4.78, 5) is 52.4.